The van der Waals surface area contributed by atoms with Gasteiger partial charge in [-0.2, -0.15) is 0 Å². The fraction of sp³-hybridized carbons (Fsp3) is 0.615. The number of nitrogens with one attached hydrogen (secondary N) is 1. The summed E-state index contributed by atoms with van der Waals surface area (Å²) in [5.41, 5.74) is 1.28. The molecule has 1 aromatic heterocycles. The molecule has 4 nitrogen and oxygen atoms in total. The van der Waals surface area contributed by atoms with Crippen LogP contribution < -0.4 is 5.32 Å². The topological polar surface area (TPSA) is 31.4 Å². The lowest BCUT2D eigenvalue weighted by Crippen LogP contribution is -2.54. The van der Waals surface area contributed by atoms with Gasteiger partial charge in [0, 0.05) is 38.1 Å². The average molecular weight is 234 g/mol. The van der Waals surface area contributed by atoms with E-state index < -0.39 is 0 Å². The SMILES string of the molecule is CN1CCNC(C(c2cccnc2)N(C)C)C1. The number of nitrogens with zero attached hydrogens (tertiary/aromatic N) is 3. The van der Waals surface area contributed by atoms with Crippen LogP contribution in [0.1, 0.15) is 11.6 Å². The van der Waals surface area contributed by atoms with Crippen molar-refractivity contribution in [2.24, 2.45) is 0 Å². The van der Waals surface area contributed by atoms with Crippen molar-refractivity contribution in [3.05, 3.63) is 30.1 Å². The Labute approximate surface area is 104 Å². The number of pyridine rings is 1. The van der Waals surface area contributed by atoms with Gasteiger partial charge in [0.25, 0.3) is 0 Å². The molecule has 94 valence electrons. The van der Waals surface area contributed by atoms with Gasteiger partial charge in [-0.1, -0.05) is 6.07 Å². The third kappa shape index (κ3) is 3.03. The van der Waals surface area contributed by atoms with Gasteiger partial charge in [-0.25, -0.2) is 0 Å². The summed E-state index contributed by atoms with van der Waals surface area (Å²) in [7, 11) is 6.45. The van der Waals surface area contributed by atoms with Gasteiger partial charge in [-0.05, 0) is 32.8 Å². The minimum absolute atomic E-state index is 0.381. The molecule has 0 aliphatic carbocycles. The summed E-state index contributed by atoms with van der Waals surface area (Å²) in [6.45, 7) is 3.27. The van der Waals surface area contributed by atoms with E-state index in [1.807, 2.05) is 18.5 Å². The number of hydrogen-bond acceptors (Lipinski definition) is 4. The van der Waals surface area contributed by atoms with Crippen molar-refractivity contribution in [3.63, 3.8) is 0 Å². The van der Waals surface area contributed by atoms with E-state index in [0.29, 0.717) is 12.1 Å². The number of likely N-dealkylation sites (N-methyl/N-ethyl adjacent to an activating group) is 2. The van der Waals surface area contributed by atoms with E-state index in [9.17, 15) is 0 Å². The van der Waals surface area contributed by atoms with Gasteiger partial charge < -0.3 is 15.1 Å². The molecule has 2 unspecified atom stereocenters. The van der Waals surface area contributed by atoms with Crippen LogP contribution in [0, 0.1) is 0 Å². The molecule has 2 atom stereocenters. The first kappa shape index (κ1) is 12.5. The molecule has 0 radical (unpaired) electrons. The van der Waals surface area contributed by atoms with E-state index in [1.54, 1.807) is 0 Å². The van der Waals surface area contributed by atoms with E-state index in [1.165, 1.54) is 5.56 Å². The molecule has 1 fully saturated rings. The normalized spacial score (nSPS) is 23.9. The molecule has 0 saturated carbocycles. The first-order chi connectivity index (χ1) is 8.18. The Bertz CT molecular complexity index is 339. The second-order valence-corrected chi connectivity index (χ2v) is 5.02. The largest absolute Gasteiger partial charge is 0.310 e. The van der Waals surface area contributed by atoms with Crippen molar-refractivity contribution in [2.45, 2.75) is 12.1 Å². The van der Waals surface area contributed by atoms with Crippen molar-refractivity contribution < 1.29 is 0 Å². The van der Waals surface area contributed by atoms with Crippen molar-refractivity contribution in [1.29, 1.82) is 0 Å². The fourth-order valence-corrected chi connectivity index (χ4v) is 2.59. The van der Waals surface area contributed by atoms with Crippen molar-refractivity contribution in [1.82, 2.24) is 20.1 Å². The second kappa shape index (κ2) is 5.58. The quantitative estimate of drug-likeness (QED) is 0.829. The van der Waals surface area contributed by atoms with Gasteiger partial charge in [-0.3, -0.25) is 4.98 Å². The lowest BCUT2D eigenvalue weighted by molar-refractivity contribution is 0.154. The zero-order chi connectivity index (χ0) is 12.3. The van der Waals surface area contributed by atoms with Crippen LogP contribution in [0.25, 0.3) is 0 Å². The lowest BCUT2D eigenvalue weighted by atomic mass is 9.98. The van der Waals surface area contributed by atoms with Gasteiger partial charge in [0.1, 0.15) is 0 Å². The van der Waals surface area contributed by atoms with E-state index in [0.717, 1.165) is 19.6 Å². The molecule has 2 rings (SSSR count). The monoisotopic (exact) mass is 234 g/mol. The molecule has 1 aliphatic heterocycles. The summed E-state index contributed by atoms with van der Waals surface area (Å²) < 4.78 is 0. The molecule has 0 bridgehead atoms. The summed E-state index contributed by atoms with van der Waals surface area (Å²) in [4.78, 5) is 8.89. The molecule has 4 heteroatoms. The molecule has 1 aromatic rings. The van der Waals surface area contributed by atoms with Crippen LogP contribution in [0.5, 0.6) is 0 Å². The van der Waals surface area contributed by atoms with Crippen LogP contribution in [-0.4, -0.2) is 61.6 Å². The highest BCUT2D eigenvalue weighted by molar-refractivity contribution is 5.17. The fourth-order valence-electron chi connectivity index (χ4n) is 2.59. The first-order valence-electron chi connectivity index (χ1n) is 6.17. The molecule has 1 N–H and O–H groups in total. The van der Waals surface area contributed by atoms with Gasteiger partial charge in [0.2, 0.25) is 0 Å². The molecule has 17 heavy (non-hydrogen) atoms. The molecule has 0 spiro atoms. The Morgan fingerprint density at radius 2 is 2.35 bits per heavy atom. The minimum atomic E-state index is 0.381. The maximum atomic E-state index is 4.23. The van der Waals surface area contributed by atoms with E-state index in [-0.39, 0.29) is 0 Å². The third-order valence-corrected chi connectivity index (χ3v) is 3.37. The Hall–Kier alpha value is -0.970. The first-order valence-corrected chi connectivity index (χ1v) is 6.17. The zero-order valence-corrected chi connectivity index (χ0v) is 10.9. The maximum Gasteiger partial charge on any atom is 0.0523 e. The Morgan fingerprint density at radius 3 is 2.94 bits per heavy atom. The Balaban J connectivity index is 2.17. The highest BCUT2D eigenvalue weighted by atomic mass is 15.2. The van der Waals surface area contributed by atoms with Gasteiger partial charge in [-0.15, -0.1) is 0 Å². The smallest absolute Gasteiger partial charge is 0.0523 e. The third-order valence-electron chi connectivity index (χ3n) is 3.37. The summed E-state index contributed by atoms with van der Waals surface area (Å²) in [6.07, 6.45) is 3.80. The highest BCUT2D eigenvalue weighted by Crippen LogP contribution is 2.22. The minimum Gasteiger partial charge on any atom is -0.310 e. The molecule has 0 amide bonds. The van der Waals surface area contributed by atoms with Crippen LogP contribution in [0.2, 0.25) is 0 Å². The zero-order valence-electron chi connectivity index (χ0n) is 10.9. The number of rotatable bonds is 3. The lowest BCUT2D eigenvalue weighted by Gasteiger charge is -2.39. The summed E-state index contributed by atoms with van der Waals surface area (Å²) in [6, 6.07) is 5.02. The second-order valence-electron chi connectivity index (χ2n) is 5.02. The molecule has 2 heterocycles. The molecule has 0 aromatic carbocycles. The van der Waals surface area contributed by atoms with Crippen molar-refractivity contribution in [2.75, 3.05) is 40.8 Å². The van der Waals surface area contributed by atoms with Crippen LogP contribution in [0.15, 0.2) is 24.5 Å². The molecular weight excluding hydrogens is 212 g/mol. The summed E-state index contributed by atoms with van der Waals surface area (Å²) in [5.74, 6) is 0. The number of hydrogen-bond donors (Lipinski definition) is 1. The van der Waals surface area contributed by atoms with E-state index in [4.69, 9.17) is 0 Å². The predicted octanol–water partition coefficient (Wildman–Crippen LogP) is 0.588. The van der Waals surface area contributed by atoms with Crippen molar-refractivity contribution >= 4 is 0 Å². The summed E-state index contributed by atoms with van der Waals surface area (Å²) in [5, 5.41) is 3.62. The van der Waals surface area contributed by atoms with Gasteiger partial charge in [0.15, 0.2) is 0 Å². The Kier molecular flexibility index (Phi) is 4.10. The average Bonchev–Trinajstić information content (AvgIpc) is 2.30. The van der Waals surface area contributed by atoms with E-state index >= 15 is 0 Å². The van der Waals surface area contributed by atoms with E-state index in [2.05, 4.69) is 47.3 Å². The number of aromatic nitrogens is 1. The Morgan fingerprint density at radius 1 is 1.53 bits per heavy atom. The standard InChI is InChI=1S/C13H22N4/c1-16(2)13(11-5-4-6-14-9-11)12-10-17(3)8-7-15-12/h4-6,9,12-13,15H,7-8,10H2,1-3H3. The van der Waals surface area contributed by atoms with Crippen LogP contribution in [0.4, 0.5) is 0 Å². The van der Waals surface area contributed by atoms with Gasteiger partial charge >= 0.3 is 0 Å². The van der Waals surface area contributed by atoms with Crippen LogP contribution in [-0.2, 0) is 0 Å². The van der Waals surface area contributed by atoms with Crippen LogP contribution >= 0.6 is 0 Å². The predicted molar refractivity (Wildman–Crippen MR) is 70.0 cm³/mol. The number of piperazine rings is 1. The van der Waals surface area contributed by atoms with Gasteiger partial charge in [0.05, 0.1) is 6.04 Å². The maximum absolute atomic E-state index is 4.23. The highest BCUT2D eigenvalue weighted by Gasteiger charge is 2.28. The van der Waals surface area contributed by atoms with Crippen LogP contribution in [0.3, 0.4) is 0 Å². The molecule has 1 saturated heterocycles. The molecule has 1 aliphatic rings. The molecular formula is C13H22N4. The summed E-state index contributed by atoms with van der Waals surface area (Å²) >= 11 is 0. The van der Waals surface area contributed by atoms with Crippen molar-refractivity contribution in [3.8, 4) is 0 Å².